The normalized spacial score (nSPS) is 15.8. The van der Waals surface area contributed by atoms with Gasteiger partial charge in [-0.3, -0.25) is 4.79 Å². The summed E-state index contributed by atoms with van der Waals surface area (Å²) in [6, 6.07) is 13.2. The quantitative estimate of drug-likeness (QED) is 0.684. The van der Waals surface area contributed by atoms with Crippen molar-refractivity contribution in [3.8, 4) is 5.75 Å². The predicted molar refractivity (Wildman–Crippen MR) is 114 cm³/mol. The first-order valence-corrected chi connectivity index (χ1v) is 8.88. The number of carbonyl (C=O) groups is 1. The number of hydrogen-bond acceptors (Lipinski definition) is 4. The highest BCUT2D eigenvalue weighted by atomic mass is 35.5. The first-order valence-electron chi connectivity index (χ1n) is 8.88. The Balaban J connectivity index is 0.00000140. The molecular weight excluding hydrogens is 399 g/mol. The van der Waals surface area contributed by atoms with E-state index in [1.165, 1.54) is 0 Å². The third-order valence-electron chi connectivity index (χ3n) is 4.79. The third-order valence-corrected chi connectivity index (χ3v) is 4.79. The SMILES string of the molecule is Cl.Cl.NCC1CCN(C(=O)c2cccc(OCc3cn4ccccc4n3)c2)C1. The van der Waals surface area contributed by atoms with Gasteiger partial charge in [0.2, 0.25) is 0 Å². The molecule has 3 heterocycles. The molecule has 6 nitrogen and oxygen atoms in total. The fourth-order valence-electron chi connectivity index (χ4n) is 3.32. The summed E-state index contributed by atoms with van der Waals surface area (Å²) in [7, 11) is 0. The number of nitrogens with zero attached hydrogens (tertiary/aromatic N) is 3. The van der Waals surface area contributed by atoms with Crippen molar-refractivity contribution < 1.29 is 9.53 Å². The van der Waals surface area contributed by atoms with Crippen molar-refractivity contribution in [1.29, 1.82) is 0 Å². The number of aromatic nitrogens is 2. The van der Waals surface area contributed by atoms with Gasteiger partial charge in [0.1, 0.15) is 18.0 Å². The number of rotatable bonds is 5. The van der Waals surface area contributed by atoms with E-state index in [9.17, 15) is 4.79 Å². The molecule has 0 radical (unpaired) electrons. The largest absolute Gasteiger partial charge is 0.487 e. The second-order valence-electron chi connectivity index (χ2n) is 6.66. The summed E-state index contributed by atoms with van der Waals surface area (Å²) in [4.78, 5) is 19.1. The molecule has 2 aromatic heterocycles. The maximum atomic E-state index is 12.7. The number of hydrogen-bond donors (Lipinski definition) is 1. The number of nitrogens with two attached hydrogens (primary N) is 1. The van der Waals surface area contributed by atoms with E-state index in [0.717, 1.165) is 30.9 Å². The first-order chi connectivity index (χ1) is 12.7. The topological polar surface area (TPSA) is 72.9 Å². The van der Waals surface area contributed by atoms with E-state index in [4.69, 9.17) is 10.5 Å². The van der Waals surface area contributed by atoms with E-state index in [1.54, 1.807) is 6.07 Å². The average Bonchev–Trinajstić information content (AvgIpc) is 3.32. The minimum atomic E-state index is 0. The Labute approximate surface area is 176 Å². The number of halogens is 2. The number of likely N-dealkylation sites (tertiary alicyclic amines) is 1. The van der Waals surface area contributed by atoms with E-state index in [-0.39, 0.29) is 30.7 Å². The molecule has 4 rings (SSSR count). The fourth-order valence-corrected chi connectivity index (χ4v) is 3.32. The van der Waals surface area contributed by atoms with E-state index in [2.05, 4.69) is 4.98 Å². The van der Waals surface area contributed by atoms with Crippen LogP contribution in [0, 0.1) is 5.92 Å². The lowest BCUT2D eigenvalue weighted by molar-refractivity contribution is 0.0787. The Hall–Kier alpha value is -2.28. The van der Waals surface area contributed by atoms with Crippen LogP contribution in [-0.2, 0) is 6.61 Å². The van der Waals surface area contributed by atoms with Crippen LogP contribution in [0.25, 0.3) is 5.65 Å². The third kappa shape index (κ3) is 4.76. The highest BCUT2D eigenvalue weighted by molar-refractivity contribution is 5.94. The van der Waals surface area contributed by atoms with Gasteiger partial charge in [0.15, 0.2) is 0 Å². The maximum Gasteiger partial charge on any atom is 0.253 e. The van der Waals surface area contributed by atoms with E-state index in [1.807, 2.05) is 58.1 Å². The number of ether oxygens (including phenoxy) is 1. The van der Waals surface area contributed by atoms with Crippen LogP contribution in [0.5, 0.6) is 5.75 Å². The molecule has 28 heavy (non-hydrogen) atoms. The highest BCUT2D eigenvalue weighted by Crippen LogP contribution is 2.21. The molecule has 1 saturated heterocycles. The Morgan fingerprint density at radius 3 is 2.82 bits per heavy atom. The van der Waals surface area contributed by atoms with Gasteiger partial charge >= 0.3 is 0 Å². The number of pyridine rings is 1. The van der Waals surface area contributed by atoms with Crippen molar-refractivity contribution in [3.63, 3.8) is 0 Å². The number of benzene rings is 1. The van der Waals surface area contributed by atoms with E-state index in [0.29, 0.717) is 30.4 Å². The molecule has 1 amide bonds. The van der Waals surface area contributed by atoms with Crippen molar-refractivity contribution in [2.45, 2.75) is 13.0 Å². The van der Waals surface area contributed by atoms with Gasteiger partial charge < -0.3 is 19.8 Å². The number of fused-ring (bicyclic) bond motifs is 1. The van der Waals surface area contributed by atoms with Gasteiger partial charge in [-0.2, -0.15) is 0 Å². The number of carbonyl (C=O) groups excluding carboxylic acids is 1. The lowest BCUT2D eigenvalue weighted by Gasteiger charge is -2.16. The number of imidazole rings is 1. The predicted octanol–water partition coefficient (Wildman–Crippen LogP) is 3.18. The smallest absolute Gasteiger partial charge is 0.253 e. The van der Waals surface area contributed by atoms with Gasteiger partial charge in [-0.05, 0) is 49.2 Å². The van der Waals surface area contributed by atoms with Crippen LogP contribution < -0.4 is 10.5 Å². The molecule has 1 aliphatic rings. The maximum absolute atomic E-state index is 12.7. The molecular formula is C20H24Cl2N4O2. The summed E-state index contributed by atoms with van der Waals surface area (Å²) in [5, 5.41) is 0. The molecule has 1 aliphatic heterocycles. The lowest BCUT2D eigenvalue weighted by Crippen LogP contribution is -2.29. The highest BCUT2D eigenvalue weighted by Gasteiger charge is 2.26. The zero-order valence-electron chi connectivity index (χ0n) is 15.4. The van der Waals surface area contributed by atoms with Crippen molar-refractivity contribution in [2.75, 3.05) is 19.6 Å². The van der Waals surface area contributed by atoms with Crippen LogP contribution in [0.3, 0.4) is 0 Å². The average molecular weight is 423 g/mol. The summed E-state index contributed by atoms with van der Waals surface area (Å²) in [5.41, 5.74) is 8.10. The Bertz CT molecular complexity index is 898. The van der Waals surface area contributed by atoms with Gasteiger partial charge in [-0.25, -0.2) is 4.98 Å². The molecule has 0 saturated carbocycles. The Morgan fingerprint density at radius 1 is 1.21 bits per heavy atom. The molecule has 0 bridgehead atoms. The van der Waals surface area contributed by atoms with Crippen LogP contribution in [0.15, 0.2) is 54.9 Å². The lowest BCUT2D eigenvalue weighted by atomic mass is 10.1. The minimum Gasteiger partial charge on any atom is -0.487 e. The van der Waals surface area contributed by atoms with Gasteiger partial charge in [0, 0.05) is 31.0 Å². The summed E-state index contributed by atoms with van der Waals surface area (Å²) in [5.74, 6) is 1.12. The van der Waals surface area contributed by atoms with Gasteiger partial charge in [-0.1, -0.05) is 12.1 Å². The molecule has 2 N–H and O–H groups in total. The fraction of sp³-hybridized carbons (Fsp3) is 0.300. The van der Waals surface area contributed by atoms with E-state index >= 15 is 0 Å². The number of amides is 1. The summed E-state index contributed by atoms with van der Waals surface area (Å²) < 4.78 is 7.81. The first kappa shape index (κ1) is 22.0. The zero-order valence-corrected chi connectivity index (χ0v) is 17.0. The molecule has 3 aromatic rings. The van der Waals surface area contributed by atoms with Gasteiger partial charge in [0.05, 0.1) is 5.69 Å². The van der Waals surface area contributed by atoms with E-state index < -0.39 is 0 Å². The second kappa shape index (κ2) is 9.78. The van der Waals surface area contributed by atoms with Crippen LogP contribution >= 0.6 is 24.8 Å². The van der Waals surface area contributed by atoms with Crippen LogP contribution in [-0.4, -0.2) is 39.8 Å². The summed E-state index contributed by atoms with van der Waals surface area (Å²) >= 11 is 0. The molecule has 8 heteroatoms. The van der Waals surface area contributed by atoms with Crippen LogP contribution in [0.1, 0.15) is 22.5 Å². The zero-order chi connectivity index (χ0) is 17.9. The Kier molecular flexibility index (Phi) is 7.69. The van der Waals surface area contributed by atoms with Crippen molar-refractivity contribution in [3.05, 3.63) is 66.1 Å². The van der Waals surface area contributed by atoms with Crippen molar-refractivity contribution in [2.24, 2.45) is 11.7 Å². The molecule has 1 atom stereocenters. The molecule has 0 spiro atoms. The second-order valence-corrected chi connectivity index (χ2v) is 6.66. The summed E-state index contributed by atoms with van der Waals surface area (Å²) in [6.07, 6.45) is 4.88. The molecule has 0 aliphatic carbocycles. The molecule has 1 aromatic carbocycles. The Morgan fingerprint density at radius 2 is 2.07 bits per heavy atom. The van der Waals surface area contributed by atoms with Crippen molar-refractivity contribution in [1.82, 2.24) is 14.3 Å². The molecule has 1 fully saturated rings. The van der Waals surface area contributed by atoms with Gasteiger partial charge in [-0.15, -0.1) is 24.8 Å². The van der Waals surface area contributed by atoms with Crippen LogP contribution in [0.2, 0.25) is 0 Å². The molecule has 150 valence electrons. The van der Waals surface area contributed by atoms with Gasteiger partial charge in [0.25, 0.3) is 5.91 Å². The monoisotopic (exact) mass is 422 g/mol. The standard InChI is InChI=1S/C20H22N4O2.2ClH/c21-11-15-7-9-24(12-15)20(25)16-4-3-5-18(10-16)26-14-17-13-23-8-2-1-6-19(23)22-17;;/h1-6,8,10,13,15H,7,9,11-12,14,21H2;2*1H. The van der Waals surface area contributed by atoms with Crippen LogP contribution in [0.4, 0.5) is 0 Å². The van der Waals surface area contributed by atoms with Crippen molar-refractivity contribution >= 4 is 36.4 Å². The molecule has 1 unspecified atom stereocenters. The minimum absolute atomic E-state index is 0. The summed E-state index contributed by atoms with van der Waals surface area (Å²) in [6.45, 7) is 2.50.